The maximum Gasteiger partial charge on any atom is 0.264 e. The molecule has 1 N–H and O–H groups in total. The molecule has 1 atom stereocenters. The third kappa shape index (κ3) is 5.48. The summed E-state index contributed by atoms with van der Waals surface area (Å²) in [5.41, 5.74) is 2.36. The largest absolute Gasteiger partial charge is 0.497 e. The van der Waals surface area contributed by atoms with Crippen molar-refractivity contribution in [3.8, 4) is 5.75 Å². The molecule has 0 fully saturated rings. The molecule has 0 aliphatic heterocycles. The average molecular weight is 453 g/mol. The highest BCUT2D eigenvalue weighted by atomic mass is 32.2. The molecular weight excluding hydrogens is 424 g/mol. The van der Waals surface area contributed by atoms with Gasteiger partial charge in [0.05, 0.1) is 23.7 Å². The molecule has 0 aliphatic rings. The molecule has 7 heteroatoms. The lowest BCUT2D eigenvalue weighted by molar-refractivity contribution is -0.120. The van der Waals surface area contributed by atoms with Crippen LogP contribution in [0.3, 0.4) is 0 Å². The smallest absolute Gasteiger partial charge is 0.264 e. The Morgan fingerprint density at radius 3 is 2.16 bits per heavy atom. The summed E-state index contributed by atoms with van der Waals surface area (Å²) in [4.78, 5) is 13.1. The third-order valence-corrected chi connectivity index (χ3v) is 6.99. The molecule has 0 saturated carbocycles. The molecule has 3 rings (SSSR count). The van der Waals surface area contributed by atoms with Crippen molar-refractivity contribution in [3.63, 3.8) is 0 Å². The van der Waals surface area contributed by atoms with Crippen molar-refractivity contribution < 1.29 is 17.9 Å². The Balaban J connectivity index is 1.86. The number of benzene rings is 3. The van der Waals surface area contributed by atoms with E-state index in [1.165, 1.54) is 12.1 Å². The fourth-order valence-corrected chi connectivity index (χ4v) is 4.82. The van der Waals surface area contributed by atoms with E-state index >= 15 is 0 Å². The van der Waals surface area contributed by atoms with Gasteiger partial charge in [-0.3, -0.25) is 9.10 Å². The standard InChI is InChI=1S/C25H28N2O4S/c1-4-24(20-12-16-22(31-3)17-13-20)26-25(28)18-27(21-14-10-19(2)11-15-21)32(29,30)23-8-6-5-7-9-23/h5-17,24H,4,18H2,1-3H3,(H,26,28)/t24-/m1/s1. The van der Waals surface area contributed by atoms with Crippen LogP contribution in [0.5, 0.6) is 5.75 Å². The highest BCUT2D eigenvalue weighted by Gasteiger charge is 2.27. The lowest BCUT2D eigenvalue weighted by Crippen LogP contribution is -2.42. The monoisotopic (exact) mass is 452 g/mol. The van der Waals surface area contributed by atoms with Crippen molar-refractivity contribution in [3.05, 3.63) is 90.0 Å². The number of nitrogens with zero attached hydrogens (tertiary/aromatic N) is 1. The zero-order valence-electron chi connectivity index (χ0n) is 18.5. The van der Waals surface area contributed by atoms with Gasteiger partial charge in [-0.05, 0) is 55.3 Å². The minimum absolute atomic E-state index is 0.135. The SMILES string of the molecule is CC[C@@H](NC(=O)CN(c1ccc(C)cc1)S(=O)(=O)c1ccccc1)c1ccc(OC)cc1. The second-order valence-corrected chi connectivity index (χ2v) is 9.32. The molecule has 0 bridgehead atoms. The van der Waals surface area contributed by atoms with Crippen molar-refractivity contribution in [1.29, 1.82) is 0 Å². The highest BCUT2D eigenvalue weighted by Crippen LogP contribution is 2.25. The summed E-state index contributed by atoms with van der Waals surface area (Å²) in [5.74, 6) is 0.349. The van der Waals surface area contributed by atoms with Crippen molar-refractivity contribution in [2.45, 2.75) is 31.2 Å². The number of ether oxygens (including phenoxy) is 1. The molecule has 0 spiro atoms. The van der Waals surface area contributed by atoms with Crippen LogP contribution in [0, 0.1) is 6.92 Å². The Labute approximate surface area is 189 Å². The Morgan fingerprint density at radius 2 is 1.59 bits per heavy atom. The van der Waals surface area contributed by atoms with Gasteiger partial charge in [0.15, 0.2) is 0 Å². The first-order chi connectivity index (χ1) is 15.3. The molecule has 6 nitrogen and oxygen atoms in total. The van der Waals surface area contributed by atoms with E-state index in [1.807, 2.05) is 50.2 Å². The zero-order chi connectivity index (χ0) is 23.1. The van der Waals surface area contributed by atoms with Gasteiger partial charge in [-0.15, -0.1) is 0 Å². The van der Waals surface area contributed by atoms with E-state index in [0.717, 1.165) is 21.2 Å². The number of nitrogens with one attached hydrogen (secondary N) is 1. The number of sulfonamides is 1. The summed E-state index contributed by atoms with van der Waals surface area (Å²) in [5, 5.41) is 2.97. The first-order valence-electron chi connectivity index (χ1n) is 10.4. The van der Waals surface area contributed by atoms with Crippen LogP contribution in [0.1, 0.15) is 30.5 Å². The zero-order valence-corrected chi connectivity index (χ0v) is 19.3. The van der Waals surface area contributed by atoms with E-state index in [4.69, 9.17) is 4.74 Å². The van der Waals surface area contributed by atoms with Crippen molar-refractivity contribution >= 4 is 21.6 Å². The van der Waals surface area contributed by atoms with Gasteiger partial charge < -0.3 is 10.1 Å². The van der Waals surface area contributed by atoms with E-state index in [0.29, 0.717) is 12.1 Å². The Hall–Kier alpha value is -3.32. The second kappa shape index (κ2) is 10.3. The minimum Gasteiger partial charge on any atom is -0.497 e. The molecule has 32 heavy (non-hydrogen) atoms. The topological polar surface area (TPSA) is 75.7 Å². The molecule has 0 aromatic heterocycles. The van der Waals surface area contributed by atoms with E-state index in [-0.39, 0.29) is 23.4 Å². The number of methoxy groups -OCH3 is 1. The van der Waals surface area contributed by atoms with Crippen molar-refractivity contribution in [2.24, 2.45) is 0 Å². The van der Waals surface area contributed by atoms with Gasteiger partial charge in [-0.1, -0.05) is 55.0 Å². The quantitative estimate of drug-likeness (QED) is 0.520. The van der Waals surface area contributed by atoms with Gasteiger partial charge in [-0.2, -0.15) is 0 Å². The third-order valence-electron chi connectivity index (χ3n) is 5.20. The summed E-state index contributed by atoms with van der Waals surface area (Å²) in [6, 6.07) is 22.4. The fraction of sp³-hybridized carbons (Fsp3) is 0.240. The van der Waals surface area contributed by atoms with Gasteiger partial charge in [0.1, 0.15) is 12.3 Å². The van der Waals surface area contributed by atoms with E-state index in [2.05, 4.69) is 5.32 Å². The molecular formula is C25H28N2O4S. The van der Waals surface area contributed by atoms with Crippen molar-refractivity contribution in [1.82, 2.24) is 5.32 Å². The predicted molar refractivity (Wildman–Crippen MR) is 126 cm³/mol. The van der Waals surface area contributed by atoms with Crippen LogP contribution in [0.25, 0.3) is 0 Å². The van der Waals surface area contributed by atoms with Gasteiger partial charge in [0.25, 0.3) is 10.0 Å². The van der Waals surface area contributed by atoms with Crippen LogP contribution >= 0.6 is 0 Å². The van der Waals surface area contributed by atoms with Crippen LogP contribution in [-0.4, -0.2) is 28.0 Å². The molecule has 1 amide bonds. The van der Waals surface area contributed by atoms with Crippen LogP contribution in [0.2, 0.25) is 0 Å². The number of hydrogen-bond donors (Lipinski definition) is 1. The lowest BCUT2D eigenvalue weighted by Gasteiger charge is -2.26. The van der Waals surface area contributed by atoms with Crippen molar-refractivity contribution in [2.75, 3.05) is 18.0 Å². The Kier molecular flexibility index (Phi) is 7.53. The molecule has 0 saturated heterocycles. The lowest BCUT2D eigenvalue weighted by atomic mass is 10.0. The first kappa shape index (κ1) is 23.3. The molecule has 0 heterocycles. The number of anilines is 1. The molecule has 0 aliphatic carbocycles. The maximum absolute atomic E-state index is 13.4. The number of amides is 1. The normalized spacial score (nSPS) is 12.1. The molecule has 3 aromatic rings. The minimum atomic E-state index is -3.92. The van der Waals surface area contributed by atoms with Gasteiger partial charge in [0, 0.05) is 0 Å². The van der Waals surface area contributed by atoms with Crippen LogP contribution < -0.4 is 14.4 Å². The number of rotatable bonds is 9. The number of carbonyl (C=O) groups excluding carboxylic acids is 1. The van der Waals surface area contributed by atoms with Gasteiger partial charge in [0.2, 0.25) is 5.91 Å². The number of hydrogen-bond acceptors (Lipinski definition) is 4. The summed E-state index contributed by atoms with van der Waals surface area (Å²) < 4.78 is 33.1. The van der Waals surface area contributed by atoms with E-state index in [9.17, 15) is 13.2 Å². The first-order valence-corrected chi connectivity index (χ1v) is 11.9. The van der Waals surface area contributed by atoms with Crippen LogP contribution in [-0.2, 0) is 14.8 Å². The molecule has 0 radical (unpaired) electrons. The molecule has 168 valence electrons. The molecule has 0 unspecified atom stereocenters. The second-order valence-electron chi connectivity index (χ2n) is 7.46. The molecule has 3 aromatic carbocycles. The summed E-state index contributed by atoms with van der Waals surface area (Å²) in [6.07, 6.45) is 0.661. The Morgan fingerprint density at radius 1 is 0.969 bits per heavy atom. The van der Waals surface area contributed by atoms with Gasteiger partial charge in [-0.25, -0.2) is 8.42 Å². The van der Waals surface area contributed by atoms with Crippen LogP contribution in [0.15, 0.2) is 83.8 Å². The van der Waals surface area contributed by atoms with Gasteiger partial charge >= 0.3 is 0 Å². The van der Waals surface area contributed by atoms with E-state index < -0.39 is 10.0 Å². The maximum atomic E-state index is 13.4. The van der Waals surface area contributed by atoms with Crippen LogP contribution in [0.4, 0.5) is 5.69 Å². The summed E-state index contributed by atoms with van der Waals surface area (Å²) in [6.45, 7) is 3.56. The highest BCUT2D eigenvalue weighted by molar-refractivity contribution is 7.92. The predicted octanol–water partition coefficient (Wildman–Crippen LogP) is 4.47. The summed E-state index contributed by atoms with van der Waals surface area (Å²) >= 11 is 0. The summed E-state index contributed by atoms with van der Waals surface area (Å²) in [7, 11) is -2.32. The fourth-order valence-electron chi connectivity index (χ4n) is 3.37. The Bertz CT molecular complexity index is 1130. The van der Waals surface area contributed by atoms with E-state index in [1.54, 1.807) is 37.4 Å². The number of carbonyl (C=O) groups is 1. The number of aryl methyl sites for hydroxylation is 1. The average Bonchev–Trinajstić information content (AvgIpc) is 2.82.